The Bertz CT molecular complexity index is 95.6. The number of nitrogens with one attached hydrogen (secondary N) is 1. The summed E-state index contributed by atoms with van der Waals surface area (Å²) in [6.07, 6.45) is 0.560. The predicted octanol–water partition coefficient (Wildman–Crippen LogP) is -0.254. The van der Waals surface area contributed by atoms with Crippen molar-refractivity contribution in [3.05, 3.63) is 0 Å². The molecule has 0 radical (unpaired) electrons. The molecule has 3 heteroatoms. The van der Waals surface area contributed by atoms with Gasteiger partial charge in [-0.1, -0.05) is 0 Å². The summed E-state index contributed by atoms with van der Waals surface area (Å²) in [5, 5.41) is 12.5. The minimum absolute atomic E-state index is 0.0127. The summed E-state index contributed by atoms with van der Waals surface area (Å²) in [6.45, 7) is 4.32. The van der Waals surface area contributed by atoms with Gasteiger partial charge in [-0.3, -0.25) is 0 Å². The van der Waals surface area contributed by atoms with Gasteiger partial charge in [0.1, 0.15) is 0 Å². The van der Waals surface area contributed by atoms with Gasteiger partial charge in [-0.25, -0.2) is 0 Å². The Kier molecular flexibility index (Phi) is 3.12. The van der Waals surface area contributed by atoms with Crippen LogP contribution in [0, 0.1) is 0 Å². The summed E-state index contributed by atoms with van der Waals surface area (Å²) in [5.41, 5.74) is 0. The summed E-state index contributed by atoms with van der Waals surface area (Å²) in [5.74, 6) is 0. The number of piperidine rings is 1. The third-order valence-corrected chi connectivity index (χ3v) is 1.77. The Labute approximate surface area is 61.4 Å². The number of hydrogen-bond donors (Lipinski definition) is 2. The van der Waals surface area contributed by atoms with Crippen LogP contribution in [0.5, 0.6) is 0 Å². The highest BCUT2D eigenvalue weighted by atomic mass is 16.5. The van der Waals surface area contributed by atoms with Crippen LogP contribution in [0.1, 0.15) is 13.3 Å². The lowest BCUT2D eigenvalue weighted by molar-refractivity contribution is -0.0460. The summed E-state index contributed by atoms with van der Waals surface area (Å²) in [6, 6.07) is 0. The first-order chi connectivity index (χ1) is 4.84. The molecule has 0 aromatic carbocycles. The molecule has 0 bridgehead atoms. The molecule has 0 unspecified atom stereocenters. The van der Waals surface area contributed by atoms with E-state index < -0.39 is 0 Å². The fourth-order valence-corrected chi connectivity index (χ4v) is 1.20. The number of rotatable bonds is 2. The second kappa shape index (κ2) is 3.91. The van der Waals surface area contributed by atoms with Gasteiger partial charge < -0.3 is 15.2 Å². The lowest BCUT2D eigenvalue weighted by atomic mass is 10.1. The van der Waals surface area contributed by atoms with Crippen LogP contribution in [0.4, 0.5) is 0 Å². The normalized spacial score (nSPS) is 34.2. The summed E-state index contributed by atoms with van der Waals surface area (Å²) in [7, 11) is 0. The summed E-state index contributed by atoms with van der Waals surface area (Å²) >= 11 is 0. The van der Waals surface area contributed by atoms with E-state index in [1.807, 2.05) is 6.92 Å². The largest absolute Gasteiger partial charge is 0.390 e. The third-order valence-electron chi connectivity index (χ3n) is 1.77. The van der Waals surface area contributed by atoms with Crippen LogP contribution in [0.25, 0.3) is 0 Å². The first-order valence-electron chi connectivity index (χ1n) is 3.85. The fraction of sp³-hybridized carbons (Fsp3) is 1.00. The van der Waals surface area contributed by atoms with Gasteiger partial charge in [-0.05, 0) is 19.9 Å². The zero-order valence-corrected chi connectivity index (χ0v) is 6.34. The molecule has 2 atom stereocenters. The van der Waals surface area contributed by atoms with Gasteiger partial charge >= 0.3 is 0 Å². The lowest BCUT2D eigenvalue weighted by Crippen LogP contribution is -2.45. The number of hydrogen-bond acceptors (Lipinski definition) is 3. The monoisotopic (exact) mass is 145 g/mol. The number of aliphatic hydroxyl groups is 1. The van der Waals surface area contributed by atoms with Gasteiger partial charge in [-0.2, -0.15) is 0 Å². The minimum Gasteiger partial charge on any atom is -0.390 e. The molecule has 1 aliphatic rings. The molecule has 3 nitrogen and oxygen atoms in total. The number of ether oxygens (including phenoxy) is 1. The smallest absolute Gasteiger partial charge is 0.0958 e. The Hall–Kier alpha value is -0.120. The Balaban J connectivity index is 2.25. The zero-order valence-electron chi connectivity index (χ0n) is 6.34. The molecule has 0 spiro atoms. The lowest BCUT2D eigenvalue weighted by Gasteiger charge is -2.27. The standard InChI is InChI=1S/C7H15NO2/c1-2-10-7-5-8-4-3-6(7)9/h6-9H,2-5H2,1H3/t6-,7+/m1/s1. The molecule has 0 saturated carbocycles. The van der Waals surface area contributed by atoms with E-state index in [0.29, 0.717) is 6.61 Å². The highest BCUT2D eigenvalue weighted by Crippen LogP contribution is 2.06. The molecule has 60 valence electrons. The second-order valence-corrected chi connectivity index (χ2v) is 2.55. The Morgan fingerprint density at radius 2 is 2.50 bits per heavy atom. The summed E-state index contributed by atoms with van der Waals surface area (Å²) in [4.78, 5) is 0. The molecule has 1 saturated heterocycles. The van der Waals surface area contributed by atoms with E-state index in [4.69, 9.17) is 4.74 Å². The van der Waals surface area contributed by atoms with Gasteiger partial charge in [0.25, 0.3) is 0 Å². The van der Waals surface area contributed by atoms with Crippen LogP contribution in [-0.4, -0.2) is 37.0 Å². The molecule has 1 rings (SSSR count). The van der Waals surface area contributed by atoms with Crippen molar-refractivity contribution < 1.29 is 9.84 Å². The van der Waals surface area contributed by atoms with E-state index in [-0.39, 0.29) is 12.2 Å². The molecule has 10 heavy (non-hydrogen) atoms. The van der Waals surface area contributed by atoms with Crippen LogP contribution in [0.2, 0.25) is 0 Å². The molecule has 1 aliphatic heterocycles. The van der Waals surface area contributed by atoms with Gasteiger partial charge in [0.15, 0.2) is 0 Å². The van der Waals surface area contributed by atoms with Crippen LogP contribution < -0.4 is 5.32 Å². The average Bonchev–Trinajstić information content (AvgIpc) is 1.94. The first kappa shape index (κ1) is 7.98. The van der Waals surface area contributed by atoms with E-state index in [9.17, 15) is 5.11 Å². The number of aliphatic hydroxyl groups excluding tert-OH is 1. The molecular weight excluding hydrogens is 130 g/mol. The Morgan fingerprint density at radius 3 is 3.10 bits per heavy atom. The predicted molar refractivity (Wildman–Crippen MR) is 38.9 cm³/mol. The van der Waals surface area contributed by atoms with Gasteiger partial charge in [0.05, 0.1) is 12.2 Å². The van der Waals surface area contributed by atoms with Crippen molar-refractivity contribution in [2.75, 3.05) is 19.7 Å². The van der Waals surface area contributed by atoms with Gasteiger partial charge in [0, 0.05) is 13.2 Å². The van der Waals surface area contributed by atoms with Crippen LogP contribution in [0.15, 0.2) is 0 Å². The van der Waals surface area contributed by atoms with Crippen molar-refractivity contribution in [2.24, 2.45) is 0 Å². The molecule has 0 amide bonds. The third kappa shape index (κ3) is 1.94. The quantitative estimate of drug-likeness (QED) is 0.563. The van der Waals surface area contributed by atoms with Crippen molar-refractivity contribution >= 4 is 0 Å². The SMILES string of the molecule is CCO[C@H]1CNCC[C@H]1O. The summed E-state index contributed by atoms with van der Waals surface area (Å²) < 4.78 is 5.28. The topological polar surface area (TPSA) is 41.5 Å². The highest BCUT2D eigenvalue weighted by molar-refractivity contribution is 4.77. The van der Waals surface area contributed by atoms with Crippen molar-refractivity contribution in [2.45, 2.75) is 25.6 Å². The van der Waals surface area contributed by atoms with E-state index in [1.54, 1.807) is 0 Å². The van der Waals surface area contributed by atoms with Gasteiger partial charge in [-0.15, -0.1) is 0 Å². The van der Waals surface area contributed by atoms with Crippen molar-refractivity contribution in [3.63, 3.8) is 0 Å². The minimum atomic E-state index is -0.263. The zero-order chi connectivity index (χ0) is 7.40. The molecule has 0 aliphatic carbocycles. The molecule has 2 N–H and O–H groups in total. The van der Waals surface area contributed by atoms with E-state index >= 15 is 0 Å². The molecule has 1 heterocycles. The molecule has 1 fully saturated rings. The van der Waals surface area contributed by atoms with Gasteiger partial charge in [0.2, 0.25) is 0 Å². The van der Waals surface area contributed by atoms with Crippen molar-refractivity contribution in [3.8, 4) is 0 Å². The van der Waals surface area contributed by atoms with Crippen LogP contribution >= 0.6 is 0 Å². The van der Waals surface area contributed by atoms with Crippen LogP contribution in [0.3, 0.4) is 0 Å². The highest BCUT2D eigenvalue weighted by Gasteiger charge is 2.22. The van der Waals surface area contributed by atoms with Crippen LogP contribution in [-0.2, 0) is 4.74 Å². The molecule has 0 aromatic heterocycles. The fourth-order valence-electron chi connectivity index (χ4n) is 1.20. The Morgan fingerprint density at radius 1 is 1.70 bits per heavy atom. The van der Waals surface area contributed by atoms with E-state index in [1.165, 1.54) is 0 Å². The molecule has 0 aromatic rings. The maximum atomic E-state index is 9.34. The second-order valence-electron chi connectivity index (χ2n) is 2.55. The maximum Gasteiger partial charge on any atom is 0.0958 e. The van der Waals surface area contributed by atoms with Crippen molar-refractivity contribution in [1.29, 1.82) is 0 Å². The van der Waals surface area contributed by atoms with E-state index in [0.717, 1.165) is 19.5 Å². The van der Waals surface area contributed by atoms with E-state index in [2.05, 4.69) is 5.32 Å². The first-order valence-corrected chi connectivity index (χ1v) is 3.85. The van der Waals surface area contributed by atoms with Crippen molar-refractivity contribution in [1.82, 2.24) is 5.32 Å². The maximum absolute atomic E-state index is 9.34. The molecular formula is C7H15NO2. The average molecular weight is 145 g/mol.